The van der Waals surface area contributed by atoms with Crippen LogP contribution in [0.25, 0.3) is 5.83 Å². The van der Waals surface area contributed by atoms with Crippen LogP contribution in [0.3, 0.4) is 0 Å². The van der Waals surface area contributed by atoms with Crippen LogP contribution < -0.4 is 11.2 Å². The van der Waals surface area contributed by atoms with Crippen molar-refractivity contribution in [3.05, 3.63) is 37.9 Å². The van der Waals surface area contributed by atoms with Crippen LogP contribution in [0, 0.1) is 0 Å². The number of ether oxygens (including phenoxy) is 1. The summed E-state index contributed by atoms with van der Waals surface area (Å²) >= 11 is 4.85. The van der Waals surface area contributed by atoms with Gasteiger partial charge in [-0.1, -0.05) is 0 Å². The highest BCUT2D eigenvalue weighted by Gasteiger charge is 2.35. The molecule has 21 heavy (non-hydrogen) atoms. The minimum Gasteiger partial charge on any atom is -0.394 e. The van der Waals surface area contributed by atoms with E-state index in [2.05, 4.69) is 0 Å². The number of H-pyrrole nitrogens is 1. The summed E-state index contributed by atoms with van der Waals surface area (Å²) in [7, 11) is 0. The molecule has 1 saturated heterocycles. The third-order valence-corrected chi connectivity index (χ3v) is 3.23. The van der Waals surface area contributed by atoms with Crippen molar-refractivity contribution in [2.24, 2.45) is 0 Å². The van der Waals surface area contributed by atoms with E-state index < -0.39 is 53.0 Å². The third-order valence-electron chi connectivity index (χ3n) is 3.06. The van der Waals surface area contributed by atoms with Crippen molar-refractivity contribution in [1.29, 1.82) is 0 Å². The van der Waals surface area contributed by atoms with Gasteiger partial charge in [-0.25, -0.2) is 9.18 Å². The van der Waals surface area contributed by atoms with Crippen LogP contribution in [0.5, 0.6) is 0 Å². The van der Waals surface area contributed by atoms with Crippen LogP contribution in [-0.4, -0.2) is 38.6 Å². The van der Waals surface area contributed by atoms with Gasteiger partial charge in [0.1, 0.15) is 12.3 Å². The largest absolute Gasteiger partial charge is 0.394 e. The van der Waals surface area contributed by atoms with E-state index in [-0.39, 0.29) is 6.42 Å². The number of nitrogens with one attached hydrogen (secondary N) is 1. The molecule has 0 saturated carbocycles. The SMILES string of the molecule is O=c1[nH]c(=O)n([C@H]2C[C@H](O)[C@@H](CO)O2)cc1/C(F)=C(\F)Cl. The Balaban J connectivity index is 2.47. The fourth-order valence-corrected chi connectivity index (χ4v) is 2.11. The van der Waals surface area contributed by atoms with E-state index in [0.29, 0.717) is 0 Å². The summed E-state index contributed by atoms with van der Waals surface area (Å²) in [5.74, 6) is -1.62. The van der Waals surface area contributed by atoms with Gasteiger partial charge in [-0.3, -0.25) is 14.3 Å². The van der Waals surface area contributed by atoms with E-state index >= 15 is 0 Å². The average molecular weight is 325 g/mol. The maximum atomic E-state index is 13.4. The quantitative estimate of drug-likeness (QED) is 0.725. The Morgan fingerprint density at radius 2 is 2.19 bits per heavy atom. The molecule has 0 aliphatic carbocycles. The lowest BCUT2D eigenvalue weighted by Gasteiger charge is -2.14. The summed E-state index contributed by atoms with van der Waals surface area (Å²) in [5.41, 5.74) is -2.86. The van der Waals surface area contributed by atoms with Gasteiger partial charge in [-0.15, -0.1) is 0 Å². The average Bonchev–Trinajstić information content (AvgIpc) is 2.79. The molecular weight excluding hydrogens is 314 g/mol. The summed E-state index contributed by atoms with van der Waals surface area (Å²) in [6.45, 7) is -0.479. The number of hydrogen-bond acceptors (Lipinski definition) is 5. The Morgan fingerprint density at radius 1 is 1.52 bits per heavy atom. The van der Waals surface area contributed by atoms with Crippen LogP contribution in [0.15, 0.2) is 21.1 Å². The zero-order valence-corrected chi connectivity index (χ0v) is 11.2. The molecule has 116 valence electrons. The van der Waals surface area contributed by atoms with Crippen LogP contribution in [0.2, 0.25) is 0 Å². The van der Waals surface area contributed by atoms with Crippen molar-refractivity contribution >= 4 is 17.4 Å². The smallest absolute Gasteiger partial charge is 0.330 e. The fraction of sp³-hybridized carbons (Fsp3) is 0.455. The van der Waals surface area contributed by atoms with Gasteiger partial charge in [0.15, 0.2) is 5.83 Å². The number of aliphatic hydroxyl groups excluding tert-OH is 2. The first-order valence-corrected chi connectivity index (χ1v) is 6.24. The zero-order chi connectivity index (χ0) is 15.7. The number of halogens is 3. The Kier molecular flexibility index (Phi) is 4.57. The van der Waals surface area contributed by atoms with E-state index in [1.807, 2.05) is 0 Å². The first kappa shape index (κ1) is 15.8. The van der Waals surface area contributed by atoms with Gasteiger partial charge >= 0.3 is 5.69 Å². The van der Waals surface area contributed by atoms with Gasteiger partial charge in [0.25, 0.3) is 5.56 Å². The molecule has 10 heteroatoms. The Hall–Kier alpha value is -1.55. The van der Waals surface area contributed by atoms with Crippen LogP contribution in [0.4, 0.5) is 8.78 Å². The van der Waals surface area contributed by atoms with E-state index in [1.165, 1.54) is 0 Å². The third kappa shape index (κ3) is 3.05. The molecule has 0 spiro atoms. The molecule has 1 aliphatic heterocycles. The van der Waals surface area contributed by atoms with Crippen LogP contribution in [0.1, 0.15) is 18.2 Å². The molecule has 0 radical (unpaired) electrons. The topological polar surface area (TPSA) is 105 Å². The molecule has 0 aromatic carbocycles. The molecule has 3 N–H and O–H groups in total. The normalized spacial score (nSPS) is 26.8. The number of aromatic nitrogens is 2. The number of nitrogens with zero attached hydrogens (tertiary/aromatic N) is 1. The molecule has 0 bridgehead atoms. The Bertz CT molecular complexity index is 682. The lowest BCUT2D eigenvalue weighted by atomic mass is 10.2. The monoisotopic (exact) mass is 324 g/mol. The Labute approximate surface area is 121 Å². The maximum absolute atomic E-state index is 13.4. The van der Waals surface area contributed by atoms with Crippen molar-refractivity contribution in [3.63, 3.8) is 0 Å². The standard InChI is InChI=1S/C11H11ClF2N2O5/c12-9(14)8(13)4-2-16(11(20)15-10(4)19)7-1-5(18)6(3-17)21-7/h2,5-7,17-18H,1,3H2,(H,15,19,20)/b9-8+/t5-,6+,7+/m0/s1. The van der Waals surface area contributed by atoms with E-state index in [0.717, 1.165) is 10.8 Å². The molecular formula is C11H11ClF2N2O5. The molecule has 0 unspecified atom stereocenters. The van der Waals surface area contributed by atoms with Gasteiger partial charge in [0.05, 0.1) is 18.3 Å². The minimum atomic E-state index is -1.73. The second-order valence-electron chi connectivity index (χ2n) is 4.40. The summed E-state index contributed by atoms with van der Waals surface area (Å²) in [6, 6.07) is 0. The number of aromatic amines is 1. The van der Waals surface area contributed by atoms with Gasteiger partial charge in [-0.05, 0) is 11.6 Å². The molecule has 1 aromatic heterocycles. The van der Waals surface area contributed by atoms with Crippen LogP contribution >= 0.6 is 11.6 Å². The highest BCUT2D eigenvalue weighted by molar-refractivity contribution is 6.30. The lowest BCUT2D eigenvalue weighted by molar-refractivity contribution is -0.0459. The predicted molar refractivity (Wildman–Crippen MR) is 67.9 cm³/mol. The van der Waals surface area contributed by atoms with Crippen molar-refractivity contribution in [2.75, 3.05) is 6.61 Å². The number of hydrogen-bond donors (Lipinski definition) is 3. The first-order chi connectivity index (χ1) is 9.85. The summed E-state index contributed by atoms with van der Waals surface area (Å²) in [5, 5.41) is 16.8. The summed E-state index contributed by atoms with van der Waals surface area (Å²) in [6.07, 6.45) is -2.30. The predicted octanol–water partition coefficient (Wildman–Crippen LogP) is -0.0188. The second-order valence-corrected chi connectivity index (χ2v) is 4.73. The first-order valence-electron chi connectivity index (χ1n) is 5.86. The molecule has 0 amide bonds. The molecule has 7 nitrogen and oxygen atoms in total. The molecule has 3 atom stereocenters. The van der Waals surface area contributed by atoms with E-state index in [1.54, 1.807) is 4.98 Å². The second kappa shape index (κ2) is 6.06. The maximum Gasteiger partial charge on any atom is 0.330 e. The highest BCUT2D eigenvalue weighted by Crippen LogP contribution is 2.28. The molecule has 1 aliphatic rings. The molecule has 2 rings (SSSR count). The van der Waals surface area contributed by atoms with E-state index in [4.69, 9.17) is 21.4 Å². The van der Waals surface area contributed by atoms with E-state index in [9.17, 15) is 23.5 Å². The Morgan fingerprint density at radius 3 is 2.71 bits per heavy atom. The number of rotatable bonds is 3. The summed E-state index contributed by atoms with van der Waals surface area (Å²) < 4.78 is 32.1. The van der Waals surface area contributed by atoms with Gasteiger partial charge in [0, 0.05) is 12.6 Å². The van der Waals surface area contributed by atoms with Gasteiger partial charge in [0.2, 0.25) is 5.29 Å². The van der Waals surface area contributed by atoms with Gasteiger partial charge < -0.3 is 14.9 Å². The summed E-state index contributed by atoms with van der Waals surface area (Å²) in [4.78, 5) is 24.9. The minimum absolute atomic E-state index is 0.0642. The highest BCUT2D eigenvalue weighted by atomic mass is 35.5. The van der Waals surface area contributed by atoms with Crippen molar-refractivity contribution in [2.45, 2.75) is 24.9 Å². The molecule has 2 heterocycles. The van der Waals surface area contributed by atoms with Crippen LogP contribution in [-0.2, 0) is 4.74 Å². The molecule has 1 aromatic rings. The lowest BCUT2D eigenvalue weighted by Crippen LogP contribution is -2.34. The van der Waals surface area contributed by atoms with Crippen molar-refractivity contribution < 1.29 is 23.7 Å². The van der Waals surface area contributed by atoms with Crippen molar-refractivity contribution in [3.8, 4) is 0 Å². The van der Waals surface area contributed by atoms with Crippen molar-refractivity contribution in [1.82, 2.24) is 9.55 Å². The fourth-order valence-electron chi connectivity index (χ4n) is 2.01. The molecule has 1 fully saturated rings. The number of aliphatic hydroxyl groups is 2. The van der Waals surface area contributed by atoms with Gasteiger partial charge in [-0.2, -0.15) is 4.39 Å². The zero-order valence-electron chi connectivity index (χ0n) is 10.4.